The van der Waals surface area contributed by atoms with Gasteiger partial charge >= 0.3 is 0 Å². The smallest absolute Gasteiger partial charge is 0.101 e. The molecule has 20 heavy (non-hydrogen) atoms. The lowest BCUT2D eigenvalue weighted by atomic mass is 10.1. The first-order chi connectivity index (χ1) is 9.83. The summed E-state index contributed by atoms with van der Waals surface area (Å²) in [5.74, 6) is 0. The number of hydrogen-bond acceptors (Lipinski definition) is 2. The molecule has 0 bridgehead atoms. The normalized spacial score (nSPS) is 15.4. The minimum absolute atomic E-state index is 0.838. The summed E-state index contributed by atoms with van der Waals surface area (Å²) in [5.41, 5.74) is 3.65. The summed E-state index contributed by atoms with van der Waals surface area (Å²) in [4.78, 5) is 5.90. The Labute approximate surface area is 125 Å². The van der Waals surface area contributed by atoms with Crippen LogP contribution in [0.25, 0.3) is 21.8 Å². The Hall–Kier alpha value is -1.94. The number of benzene rings is 2. The van der Waals surface area contributed by atoms with Gasteiger partial charge in [-0.15, -0.1) is 0 Å². The second kappa shape index (κ2) is 4.56. The molecule has 3 nitrogen and oxygen atoms in total. The van der Waals surface area contributed by atoms with E-state index in [-0.39, 0.29) is 0 Å². The van der Waals surface area contributed by atoms with E-state index in [0.717, 1.165) is 13.2 Å². The average molecular weight is 328 g/mol. The Kier molecular flexibility index (Phi) is 2.70. The molecule has 1 aromatic heterocycles. The van der Waals surface area contributed by atoms with E-state index < -0.39 is 0 Å². The molecule has 0 fully saturated rings. The fourth-order valence-electron chi connectivity index (χ4n) is 2.85. The van der Waals surface area contributed by atoms with Gasteiger partial charge in [-0.1, -0.05) is 30.3 Å². The molecule has 0 spiro atoms. The van der Waals surface area contributed by atoms with E-state index in [0.29, 0.717) is 0 Å². The lowest BCUT2D eigenvalue weighted by Crippen LogP contribution is -2.34. The van der Waals surface area contributed by atoms with Gasteiger partial charge in [0.25, 0.3) is 0 Å². The standard InChI is InChI=1S/C16H14BrN3/c17-20-10-4-9-19(11-20)15-8-3-6-13-12-5-1-2-7-14(12)18-16(13)15/h1-8,10,18H,9,11H2. The maximum Gasteiger partial charge on any atom is 0.101 e. The number of H-pyrrole nitrogens is 1. The number of aromatic amines is 1. The van der Waals surface area contributed by atoms with Crippen molar-refractivity contribution in [2.45, 2.75) is 0 Å². The molecule has 0 aliphatic carbocycles. The van der Waals surface area contributed by atoms with Crippen molar-refractivity contribution in [3.05, 3.63) is 54.7 Å². The molecule has 0 saturated heterocycles. The molecule has 0 atom stereocenters. The molecule has 100 valence electrons. The lowest BCUT2D eigenvalue weighted by molar-refractivity contribution is 0.591. The van der Waals surface area contributed by atoms with Gasteiger partial charge in [-0.05, 0) is 18.2 Å². The Balaban J connectivity index is 1.93. The summed E-state index contributed by atoms with van der Waals surface area (Å²) in [6.07, 6.45) is 4.21. The SMILES string of the molecule is BrN1C=CCN(c2cccc3c2[nH]c2ccccc23)C1. The fourth-order valence-corrected chi connectivity index (χ4v) is 3.29. The zero-order valence-corrected chi connectivity index (χ0v) is 12.5. The Morgan fingerprint density at radius 3 is 2.75 bits per heavy atom. The van der Waals surface area contributed by atoms with E-state index in [1.54, 1.807) is 0 Å². The van der Waals surface area contributed by atoms with Crippen molar-refractivity contribution in [1.82, 2.24) is 8.91 Å². The summed E-state index contributed by atoms with van der Waals surface area (Å²) in [6, 6.07) is 15.0. The van der Waals surface area contributed by atoms with Crippen LogP contribution in [0.4, 0.5) is 5.69 Å². The highest BCUT2D eigenvalue weighted by atomic mass is 79.9. The lowest BCUT2D eigenvalue weighted by Gasteiger charge is -2.30. The Morgan fingerprint density at radius 1 is 1.00 bits per heavy atom. The summed E-state index contributed by atoms with van der Waals surface area (Å²) in [7, 11) is 0. The highest BCUT2D eigenvalue weighted by molar-refractivity contribution is 9.07. The van der Waals surface area contributed by atoms with Gasteiger partial charge in [-0.3, -0.25) is 3.93 Å². The minimum Gasteiger partial charge on any atom is -0.353 e. The van der Waals surface area contributed by atoms with Crippen LogP contribution in [0, 0.1) is 0 Å². The zero-order chi connectivity index (χ0) is 13.5. The van der Waals surface area contributed by atoms with Crippen LogP contribution in [-0.4, -0.2) is 22.1 Å². The molecule has 1 aliphatic rings. The molecule has 2 heterocycles. The molecule has 0 unspecified atom stereocenters. The van der Waals surface area contributed by atoms with Crippen molar-refractivity contribution in [3.8, 4) is 0 Å². The van der Waals surface area contributed by atoms with Crippen LogP contribution in [-0.2, 0) is 0 Å². The fraction of sp³-hybridized carbons (Fsp3) is 0.125. The molecule has 3 aromatic rings. The third-order valence-electron chi connectivity index (χ3n) is 3.76. The van der Waals surface area contributed by atoms with E-state index in [2.05, 4.69) is 80.8 Å². The van der Waals surface area contributed by atoms with Crippen LogP contribution in [0.5, 0.6) is 0 Å². The van der Waals surface area contributed by atoms with Crippen molar-refractivity contribution in [3.63, 3.8) is 0 Å². The molecule has 4 rings (SSSR count). The predicted octanol–water partition coefficient (Wildman–Crippen LogP) is 4.22. The summed E-state index contributed by atoms with van der Waals surface area (Å²) >= 11 is 3.52. The van der Waals surface area contributed by atoms with Crippen LogP contribution in [0.1, 0.15) is 0 Å². The Morgan fingerprint density at radius 2 is 1.85 bits per heavy atom. The third kappa shape index (κ3) is 1.79. The van der Waals surface area contributed by atoms with Crippen LogP contribution in [0.2, 0.25) is 0 Å². The molecular weight excluding hydrogens is 314 g/mol. The topological polar surface area (TPSA) is 22.3 Å². The van der Waals surface area contributed by atoms with E-state index in [1.807, 2.05) is 3.93 Å². The van der Waals surface area contributed by atoms with E-state index >= 15 is 0 Å². The second-order valence-corrected chi connectivity index (χ2v) is 5.93. The number of halogens is 1. The molecule has 0 saturated carbocycles. The summed E-state index contributed by atoms with van der Waals surface area (Å²) in [5, 5.41) is 2.57. The maximum absolute atomic E-state index is 3.56. The number of hydrogen-bond donors (Lipinski definition) is 1. The van der Waals surface area contributed by atoms with E-state index in [9.17, 15) is 0 Å². The number of rotatable bonds is 1. The Bertz CT molecular complexity index is 806. The van der Waals surface area contributed by atoms with Crippen molar-refractivity contribution in [2.75, 3.05) is 18.1 Å². The van der Waals surface area contributed by atoms with Crippen LogP contribution < -0.4 is 4.90 Å². The summed E-state index contributed by atoms with van der Waals surface area (Å²) < 4.78 is 2.01. The number of nitrogens with one attached hydrogen (secondary N) is 1. The third-order valence-corrected chi connectivity index (χ3v) is 4.22. The van der Waals surface area contributed by atoms with Crippen LogP contribution in [0.15, 0.2) is 54.7 Å². The largest absolute Gasteiger partial charge is 0.353 e. The number of aromatic nitrogens is 1. The van der Waals surface area contributed by atoms with Crippen molar-refractivity contribution < 1.29 is 0 Å². The van der Waals surface area contributed by atoms with Crippen LogP contribution in [0.3, 0.4) is 0 Å². The van der Waals surface area contributed by atoms with Crippen molar-refractivity contribution >= 4 is 43.6 Å². The molecule has 1 aliphatic heterocycles. The number of fused-ring (bicyclic) bond motifs is 3. The number of nitrogens with zero attached hydrogens (tertiary/aromatic N) is 2. The first-order valence-corrected chi connectivity index (χ1v) is 7.37. The maximum atomic E-state index is 3.56. The number of para-hydroxylation sites is 2. The van der Waals surface area contributed by atoms with Gasteiger partial charge in [0.15, 0.2) is 0 Å². The summed E-state index contributed by atoms with van der Waals surface area (Å²) in [6.45, 7) is 1.77. The number of anilines is 1. The zero-order valence-electron chi connectivity index (χ0n) is 10.9. The van der Waals surface area contributed by atoms with Gasteiger partial charge < -0.3 is 9.88 Å². The van der Waals surface area contributed by atoms with E-state index in [1.165, 1.54) is 27.5 Å². The first kappa shape index (κ1) is 11.9. The second-order valence-electron chi connectivity index (χ2n) is 5.02. The monoisotopic (exact) mass is 327 g/mol. The molecule has 0 amide bonds. The highest BCUT2D eigenvalue weighted by Gasteiger charge is 2.15. The van der Waals surface area contributed by atoms with Gasteiger partial charge in [0.2, 0.25) is 0 Å². The predicted molar refractivity (Wildman–Crippen MR) is 87.9 cm³/mol. The van der Waals surface area contributed by atoms with Gasteiger partial charge in [-0.2, -0.15) is 0 Å². The average Bonchev–Trinajstić information content (AvgIpc) is 2.86. The quantitative estimate of drug-likeness (QED) is 0.676. The van der Waals surface area contributed by atoms with Gasteiger partial charge in [0, 0.05) is 29.0 Å². The van der Waals surface area contributed by atoms with Gasteiger partial charge in [0.05, 0.1) is 27.4 Å². The van der Waals surface area contributed by atoms with E-state index in [4.69, 9.17) is 0 Å². The van der Waals surface area contributed by atoms with Crippen LogP contribution >= 0.6 is 16.1 Å². The van der Waals surface area contributed by atoms with Gasteiger partial charge in [0.1, 0.15) is 6.67 Å². The molecule has 4 heteroatoms. The molecule has 0 radical (unpaired) electrons. The minimum atomic E-state index is 0.838. The molecular formula is C16H14BrN3. The highest BCUT2D eigenvalue weighted by Crippen LogP contribution is 2.32. The molecule has 1 N–H and O–H groups in total. The van der Waals surface area contributed by atoms with Crippen molar-refractivity contribution in [1.29, 1.82) is 0 Å². The van der Waals surface area contributed by atoms with Gasteiger partial charge in [-0.25, -0.2) is 0 Å². The molecule has 2 aromatic carbocycles. The first-order valence-electron chi connectivity index (χ1n) is 6.66. The van der Waals surface area contributed by atoms with Crippen molar-refractivity contribution in [2.24, 2.45) is 0 Å².